The predicted molar refractivity (Wildman–Crippen MR) is 233 cm³/mol. The molecule has 0 radical (unpaired) electrons. The van der Waals surface area contributed by atoms with Gasteiger partial charge in [-0.2, -0.15) is 0 Å². The summed E-state index contributed by atoms with van der Waals surface area (Å²) in [4.78, 5) is 33.1. The van der Waals surface area contributed by atoms with Gasteiger partial charge in [0, 0.05) is 22.4 Å². The molecule has 0 fully saturated rings. The Bertz CT molecular complexity index is 2650. The van der Waals surface area contributed by atoms with Gasteiger partial charge in [0.25, 0.3) is 5.56 Å². The zero-order chi connectivity index (χ0) is 40.8. The normalized spacial score (nSPS) is 11.4. The lowest BCUT2D eigenvalue weighted by Gasteiger charge is -2.36. The zero-order valence-corrected chi connectivity index (χ0v) is 34.1. The van der Waals surface area contributed by atoms with Gasteiger partial charge in [0.1, 0.15) is 11.4 Å². The highest BCUT2D eigenvalue weighted by molar-refractivity contribution is 7.10. The maximum atomic E-state index is 14.7. The van der Waals surface area contributed by atoms with Crippen LogP contribution < -0.4 is 5.56 Å². The average molecular weight is 797 g/mol. The predicted octanol–water partition coefficient (Wildman–Crippen LogP) is 9.54. The molecule has 0 N–H and O–H groups in total. The monoisotopic (exact) mass is 796 g/mol. The standard InChI is InChI=1S/C49H44N6O3S/c1-4-5-26-44-43(47(56)54(34(2)50-44)33-45-41(29-30-59-45)48(57)58-3)32-35-27-28-40(36-18-10-6-11-19-36)42(31-35)46-51-52-53-55(46)49(37-20-12-7-13-21-37,38-22-14-8-15-23-38)39-24-16-9-17-25-39/h6-25,27-31H,4-5,26,32-33H2,1-3H3. The van der Waals surface area contributed by atoms with Gasteiger partial charge >= 0.3 is 5.97 Å². The van der Waals surface area contributed by atoms with Crippen molar-refractivity contribution in [2.75, 3.05) is 7.11 Å². The van der Waals surface area contributed by atoms with Crippen LogP contribution in [0.5, 0.6) is 0 Å². The van der Waals surface area contributed by atoms with Crippen molar-refractivity contribution in [2.24, 2.45) is 0 Å². The smallest absolute Gasteiger partial charge is 0.339 e. The number of hydrogen-bond donors (Lipinski definition) is 0. The summed E-state index contributed by atoms with van der Waals surface area (Å²) in [5, 5.41) is 15.9. The van der Waals surface area contributed by atoms with Crippen LogP contribution in [-0.4, -0.2) is 42.8 Å². The first-order valence-corrected chi connectivity index (χ1v) is 20.7. The molecule has 3 aromatic heterocycles. The number of benzene rings is 5. The molecule has 3 heterocycles. The summed E-state index contributed by atoms with van der Waals surface area (Å²) >= 11 is 1.42. The number of aromatic nitrogens is 6. The summed E-state index contributed by atoms with van der Waals surface area (Å²) in [5.41, 5.74) is 7.48. The van der Waals surface area contributed by atoms with Gasteiger partial charge in [0.2, 0.25) is 0 Å². The van der Waals surface area contributed by atoms with Crippen LogP contribution in [0.4, 0.5) is 0 Å². The minimum Gasteiger partial charge on any atom is -0.465 e. The Hall–Kier alpha value is -6.78. The van der Waals surface area contributed by atoms with E-state index in [0.717, 1.165) is 62.4 Å². The highest BCUT2D eigenvalue weighted by Gasteiger charge is 2.42. The lowest BCUT2D eigenvalue weighted by atomic mass is 9.76. The molecule has 10 heteroatoms. The number of tetrazole rings is 1. The van der Waals surface area contributed by atoms with E-state index in [0.29, 0.717) is 35.6 Å². The Labute approximate surface area is 347 Å². The van der Waals surface area contributed by atoms with Gasteiger partial charge in [-0.3, -0.25) is 9.36 Å². The Morgan fingerprint density at radius 3 is 1.98 bits per heavy atom. The van der Waals surface area contributed by atoms with Gasteiger partial charge in [-0.1, -0.05) is 147 Å². The van der Waals surface area contributed by atoms with Crippen molar-refractivity contribution in [3.8, 4) is 22.5 Å². The van der Waals surface area contributed by atoms with Crippen LogP contribution in [0.3, 0.4) is 0 Å². The summed E-state index contributed by atoms with van der Waals surface area (Å²) in [6.45, 7) is 4.21. The topological polar surface area (TPSA) is 105 Å². The molecule has 0 aliphatic heterocycles. The second kappa shape index (κ2) is 17.4. The highest BCUT2D eigenvalue weighted by atomic mass is 32.1. The first kappa shape index (κ1) is 39.1. The second-order valence-electron chi connectivity index (χ2n) is 14.5. The lowest BCUT2D eigenvalue weighted by Crippen LogP contribution is -2.39. The number of aryl methyl sites for hydroxylation is 2. The number of hydrogen-bond acceptors (Lipinski definition) is 8. The largest absolute Gasteiger partial charge is 0.465 e. The SMILES string of the molecule is CCCCc1nc(C)n(Cc2sccc2C(=O)OC)c(=O)c1Cc1ccc(-c2ccccc2)c(-c2nnnn2C(c2ccccc2)(c2ccccc2)c2ccccc2)c1. The minimum absolute atomic E-state index is 0.123. The van der Waals surface area contributed by atoms with Crippen molar-refractivity contribution in [3.05, 3.63) is 211 Å². The van der Waals surface area contributed by atoms with Gasteiger partial charge in [-0.25, -0.2) is 14.5 Å². The fourth-order valence-corrected chi connectivity index (χ4v) is 8.87. The number of rotatable bonds is 14. The van der Waals surface area contributed by atoms with Gasteiger partial charge in [-0.15, -0.1) is 16.4 Å². The molecular weight excluding hydrogens is 753 g/mol. The van der Waals surface area contributed by atoms with Gasteiger partial charge in [0.15, 0.2) is 5.82 Å². The number of ether oxygens (including phenoxy) is 1. The van der Waals surface area contributed by atoms with Crippen LogP contribution in [0.25, 0.3) is 22.5 Å². The molecular formula is C49H44N6O3S. The zero-order valence-electron chi connectivity index (χ0n) is 33.3. The maximum absolute atomic E-state index is 14.7. The van der Waals surface area contributed by atoms with E-state index in [2.05, 4.69) is 78.9 Å². The molecule has 0 spiro atoms. The number of carbonyl (C=O) groups is 1. The van der Waals surface area contributed by atoms with E-state index < -0.39 is 11.5 Å². The molecule has 0 aliphatic carbocycles. The Kier molecular flexibility index (Phi) is 11.5. The van der Waals surface area contributed by atoms with Gasteiger partial charge in [0.05, 0.1) is 24.9 Å². The third-order valence-electron chi connectivity index (χ3n) is 10.9. The minimum atomic E-state index is -0.959. The van der Waals surface area contributed by atoms with E-state index in [-0.39, 0.29) is 12.1 Å². The van der Waals surface area contributed by atoms with Crippen LogP contribution in [-0.2, 0) is 29.7 Å². The molecule has 8 aromatic rings. The van der Waals surface area contributed by atoms with Crippen LogP contribution in [0.1, 0.15) is 74.3 Å². The summed E-state index contributed by atoms with van der Waals surface area (Å²) in [6.07, 6.45) is 2.87. The number of esters is 1. The fraction of sp³-hybridized carbons (Fsp3) is 0.184. The molecule has 0 bridgehead atoms. The van der Waals surface area contributed by atoms with Crippen LogP contribution in [0.2, 0.25) is 0 Å². The number of carbonyl (C=O) groups excluding carboxylic acids is 1. The van der Waals surface area contributed by atoms with Crippen molar-refractivity contribution in [2.45, 2.75) is 51.6 Å². The third kappa shape index (κ3) is 7.55. The molecule has 9 nitrogen and oxygen atoms in total. The molecule has 0 aliphatic rings. The Balaban J connectivity index is 1.33. The summed E-state index contributed by atoms with van der Waals surface area (Å²) in [5.74, 6) is 0.747. The molecule has 0 unspecified atom stereocenters. The quantitative estimate of drug-likeness (QED) is 0.0798. The molecule has 8 rings (SSSR count). The number of unbranched alkanes of at least 4 members (excludes halogenated alkanes) is 1. The van der Waals surface area contributed by atoms with Crippen LogP contribution in [0.15, 0.2) is 156 Å². The van der Waals surface area contributed by atoms with Crippen molar-refractivity contribution < 1.29 is 9.53 Å². The van der Waals surface area contributed by atoms with Crippen molar-refractivity contribution in [1.29, 1.82) is 0 Å². The molecule has 0 amide bonds. The molecule has 0 saturated carbocycles. The molecule has 294 valence electrons. The van der Waals surface area contributed by atoms with Gasteiger partial charge < -0.3 is 4.74 Å². The van der Waals surface area contributed by atoms with E-state index in [1.165, 1.54) is 18.4 Å². The highest BCUT2D eigenvalue weighted by Crippen LogP contribution is 2.43. The fourth-order valence-electron chi connectivity index (χ4n) is 8.02. The lowest BCUT2D eigenvalue weighted by molar-refractivity contribution is 0.0600. The second-order valence-corrected chi connectivity index (χ2v) is 15.5. The van der Waals surface area contributed by atoms with E-state index in [4.69, 9.17) is 20.0 Å². The number of thiophene rings is 1. The first-order valence-electron chi connectivity index (χ1n) is 19.8. The molecule has 0 atom stereocenters. The Morgan fingerprint density at radius 2 is 1.39 bits per heavy atom. The number of methoxy groups -OCH3 is 1. The Morgan fingerprint density at radius 1 is 0.780 bits per heavy atom. The van der Waals surface area contributed by atoms with Crippen molar-refractivity contribution in [3.63, 3.8) is 0 Å². The summed E-state index contributed by atoms with van der Waals surface area (Å²) < 4.78 is 8.66. The van der Waals surface area contributed by atoms with Crippen LogP contribution >= 0.6 is 11.3 Å². The van der Waals surface area contributed by atoms with Crippen molar-refractivity contribution in [1.82, 2.24) is 29.8 Å². The van der Waals surface area contributed by atoms with Crippen molar-refractivity contribution >= 4 is 17.3 Å². The summed E-state index contributed by atoms with van der Waals surface area (Å²) in [7, 11) is 1.37. The molecule has 5 aromatic carbocycles. The summed E-state index contributed by atoms with van der Waals surface area (Å²) in [6, 6.07) is 49.3. The van der Waals surface area contributed by atoms with Crippen LogP contribution in [0, 0.1) is 6.92 Å². The van der Waals surface area contributed by atoms with Gasteiger partial charge in [-0.05, 0) is 81.1 Å². The van der Waals surface area contributed by atoms with E-state index in [1.807, 2.05) is 89.8 Å². The van der Waals surface area contributed by atoms with E-state index >= 15 is 0 Å². The van der Waals surface area contributed by atoms with E-state index in [1.54, 1.807) is 10.6 Å². The first-order chi connectivity index (χ1) is 28.9. The molecule has 0 saturated heterocycles. The molecule has 59 heavy (non-hydrogen) atoms. The average Bonchev–Trinajstić information content (AvgIpc) is 3.98. The maximum Gasteiger partial charge on any atom is 0.339 e. The van der Waals surface area contributed by atoms with E-state index in [9.17, 15) is 9.59 Å². The third-order valence-corrected chi connectivity index (χ3v) is 11.8. The number of nitrogens with zero attached hydrogens (tertiary/aromatic N) is 6.